The van der Waals surface area contributed by atoms with Crippen molar-refractivity contribution in [3.63, 3.8) is 0 Å². The van der Waals surface area contributed by atoms with Crippen LogP contribution < -0.4 is 5.32 Å². The molecule has 0 aromatic carbocycles. The molecule has 0 saturated heterocycles. The monoisotopic (exact) mass is 408 g/mol. The third-order valence-electron chi connectivity index (χ3n) is 4.05. The number of thiazole rings is 1. The second-order valence-electron chi connectivity index (χ2n) is 5.89. The molecule has 0 saturated carbocycles. The van der Waals surface area contributed by atoms with Crippen molar-refractivity contribution in [2.75, 3.05) is 5.32 Å². The van der Waals surface area contributed by atoms with Crippen LogP contribution in [0.5, 0.6) is 0 Å². The van der Waals surface area contributed by atoms with Crippen LogP contribution in [0.4, 0.5) is 5.13 Å². The van der Waals surface area contributed by atoms with E-state index in [-0.39, 0.29) is 15.9 Å². The number of halogens is 2. The van der Waals surface area contributed by atoms with Crippen LogP contribution in [0.25, 0.3) is 11.3 Å². The molecule has 0 bridgehead atoms. The van der Waals surface area contributed by atoms with E-state index in [0.717, 1.165) is 24.2 Å². The summed E-state index contributed by atoms with van der Waals surface area (Å²) in [6.45, 7) is 7.31. The molecule has 0 atom stereocenters. The number of pyridine rings is 1. The number of aryl methyl sites for hydroxylation is 1. The Bertz CT molecular complexity index is 964. The molecule has 0 unspecified atom stereocenters. The van der Waals surface area contributed by atoms with Gasteiger partial charge in [-0.15, -0.1) is 11.3 Å². The smallest absolute Gasteiger partial charge is 0.277 e. The number of carbonyl (C=O) groups excluding carboxylic acids is 1. The molecule has 1 amide bonds. The summed E-state index contributed by atoms with van der Waals surface area (Å²) in [5.41, 5.74) is 4.37. The van der Waals surface area contributed by atoms with Crippen LogP contribution in [0.1, 0.15) is 35.2 Å². The summed E-state index contributed by atoms with van der Waals surface area (Å²) in [5, 5.41) is 5.61. The van der Waals surface area contributed by atoms with Crippen molar-refractivity contribution in [1.29, 1.82) is 0 Å². The standard InChI is InChI=1S/C18H18Cl2N4OS/c1-4-7-24-10(2)8-12(11(24)3)14-9-26-18(21-14)23-17(25)16-13(19)5-6-15(20)22-16/h5-6,8-9H,4,7H2,1-3H3,(H,21,23,25). The van der Waals surface area contributed by atoms with E-state index >= 15 is 0 Å². The first kappa shape index (κ1) is 18.9. The lowest BCUT2D eigenvalue weighted by molar-refractivity contribution is 0.102. The van der Waals surface area contributed by atoms with Crippen molar-refractivity contribution < 1.29 is 4.79 Å². The number of hydrogen-bond acceptors (Lipinski definition) is 4. The van der Waals surface area contributed by atoms with Crippen LogP contribution in [0.3, 0.4) is 0 Å². The summed E-state index contributed by atoms with van der Waals surface area (Å²) in [4.78, 5) is 20.9. The maximum absolute atomic E-state index is 12.4. The van der Waals surface area contributed by atoms with Gasteiger partial charge in [-0.3, -0.25) is 10.1 Å². The Morgan fingerprint density at radius 1 is 1.27 bits per heavy atom. The first-order valence-electron chi connectivity index (χ1n) is 8.16. The molecule has 0 spiro atoms. The first-order valence-corrected chi connectivity index (χ1v) is 9.80. The topological polar surface area (TPSA) is 59.8 Å². The molecule has 5 nitrogen and oxygen atoms in total. The zero-order valence-electron chi connectivity index (χ0n) is 14.6. The number of aromatic nitrogens is 3. The van der Waals surface area contributed by atoms with E-state index in [0.29, 0.717) is 5.13 Å². The molecule has 3 aromatic heterocycles. The normalized spacial score (nSPS) is 11.0. The van der Waals surface area contributed by atoms with Gasteiger partial charge in [-0.05, 0) is 38.5 Å². The van der Waals surface area contributed by atoms with Crippen molar-refractivity contribution >= 4 is 45.6 Å². The maximum atomic E-state index is 12.4. The van der Waals surface area contributed by atoms with Gasteiger partial charge in [-0.2, -0.15) is 0 Å². The highest BCUT2D eigenvalue weighted by Gasteiger charge is 2.17. The Kier molecular flexibility index (Phi) is 5.65. The van der Waals surface area contributed by atoms with Gasteiger partial charge in [0.1, 0.15) is 10.8 Å². The number of rotatable bonds is 5. The van der Waals surface area contributed by atoms with Crippen LogP contribution in [0, 0.1) is 13.8 Å². The van der Waals surface area contributed by atoms with Gasteiger partial charge >= 0.3 is 0 Å². The Morgan fingerprint density at radius 3 is 2.77 bits per heavy atom. The van der Waals surface area contributed by atoms with Gasteiger partial charge < -0.3 is 4.57 Å². The van der Waals surface area contributed by atoms with E-state index < -0.39 is 5.91 Å². The first-order chi connectivity index (χ1) is 12.4. The van der Waals surface area contributed by atoms with Gasteiger partial charge in [-0.25, -0.2) is 9.97 Å². The Hall–Kier alpha value is -1.89. The molecule has 8 heteroatoms. The van der Waals surface area contributed by atoms with E-state index in [1.807, 2.05) is 5.38 Å². The highest BCUT2D eigenvalue weighted by atomic mass is 35.5. The van der Waals surface area contributed by atoms with Gasteiger partial charge in [0, 0.05) is 28.9 Å². The second-order valence-corrected chi connectivity index (χ2v) is 7.55. The fourth-order valence-electron chi connectivity index (χ4n) is 2.82. The lowest BCUT2D eigenvalue weighted by atomic mass is 10.2. The van der Waals surface area contributed by atoms with Crippen molar-refractivity contribution in [2.45, 2.75) is 33.7 Å². The molecule has 0 radical (unpaired) electrons. The Balaban J connectivity index is 1.83. The number of nitrogens with zero attached hydrogens (tertiary/aromatic N) is 3. The summed E-state index contributed by atoms with van der Waals surface area (Å²) < 4.78 is 2.28. The molecular formula is C18H18Cl2N4OS. The predicted molar refractivity (Wildman–Crippen MR) is 108 cm³/mol. The number of amides is 1. The number of anilines is 1. The van der Waals surface area contributed by atoms with Crippen LogP contribution in [-0.4, -0.2) is 20.4 Å². The minimum absolute atomic E-state index is 0.0806. The van der Waals surface area contributed by atoms with E-state index in [2.05, 4.69) is 46.7 Å². The average Bonchev–Trinajstić information content (AvgIpc) is 3.16. The van der Waals surface area contributed by atoms with Crippen LogP contribution >= 0.6 is 34.5 Å². The molecule has 26 heavy (non-hydrogen) atoms. The summed E-state index contributed by atoms with van der Waals surface area (Å²) in [6.07, 6.45) is 1.07. The van der Waals surface area contributed by atoms with Crippen LogP contribution in [0.2, 0.25) is 10.2 Å². The fraction of sp³-hybridized carbons (Fsp3) is 0.278. The van der Waals surface area contributed by atoms with Gasteiger partial charge in [0.05, 0.1) is 10.7 Å². The Labute approximate surface area is 166 Å². The molecule has 0 aliphatic heterocycles. The molecule has 0 aliphatic rings. The van der Waals surface area contributed by atoms with Gasteiger partial charge in [0.25, 0.3) is 5.91 Å². The molecule has 0 aliphatic carbocycles. The van der Waals surface area contributed by atoms with Gasteiger partial charge in [0.2, 0.25) is 0 Å². The predicted octanol–water partition coefficient (Wildman–Crippen LogP) is 5.59. The lowest BCUT2D eigenvalue weighted by Crippen LogP contribution is -2.14. The second kappa shape index (κ2) is 7.78. The summed E-state index contributed by atoms with van der Waals surface area (Å²) >= 11 is 13.2. The zero-order valence-corrected chi connectivity index (χ0v) is 17.0. The molecule has 0 fully saturated rings. The molecule has 3 aromatic rings. The van der Waals surface area contributed by atoms with E-state index in [1.54, 1.807) is 6.07 Å². The third kappa shape index (κ3) is 3.77. The van der Waals surface area contributed by atoms with Gasteiger partial charge in [-0.1, -0.05) is 30.1 Å². The molecular weight excluding hydrogens is 391 g/mol. The van der Waals surface area contributed by atoms with Crippen molar-refractivity contribution in [3.8, 4) is 11.3 Å². The maximum Gasteiger partial charge on any atom is 0.277 e. The summed E-state index contributed by atoms with van der Waals surface area (Å²) in [6, 6.07) is 5.21. The average molecular weight is 409 g/mol. The van der Waals surface area contributed by atoms with E-state index in [1.165, 1.54) is 28.8 Å². The lowest BCUT2D eigenvalue weighted by Gasteiger charge is -2.07. The minimum Gasteiger partial charge on any atom is -0.348 e. The molecule has 3 rings (SSSR count). The quantitative estimate of drug-likeness (QED) is 0.559. The summed E-state index contributed by atoms with van der Waals surface area (Å²) in [7, 11) is 0. The Morgan fingerprint density at radius 2 is 2.04 bits per heavy atom. The summed E-state index contributed by atoms with van der Waals surface area (Å²) in [5.74, 6) is -0.435. The highest BCUT2D eigenvalue weighted by molar-refractivity contribution is 7.14. The third-order valence-corrected chi connectivity index (χ3v) is 5.32. The largest absolute Gasteiger partial charge is 0.348 e. The number of hydrogen-bond donors (Lipinski definition) is 1. The van der Waals surface area contributed by atoms with Crippen LogP contribution in [0.15, 0.2) is 23.6 Å². The van der Waals surface area contributed by atoms with Crippen molar-refractivity contribution in [1.82, 2.24) is 14.5 Å². The van der Waals surface area contributed by atoms with Crippen molar-refractivity contribution in [2.24, 2.45) is 0 Å². The van der Waals surface area contributed by atoms with E-state index in [9.17, 15) is 4.79 Å². The van der Waals surface area contributed by atoms with E-state index in [4.69, 9.17) is 23.2 Å². The SMILES string of the molecule is CCCn1c(C)cc(-c2csc(NC(=O)c3nc(Cl)ccc3Cl)n2)c1C. The highest BCUT2D eigenvalue weighted by Crippen LogP contribution is 2.30. The minimum atomic E-state index is -0.435. The fourth-order valence-corrected chi connectivity index (χ4v) is 3.86. The molecule has 3 heterocycles. The zero-order chi connectivity index (χ0) is 18.8. The van der Waals surface area contributed by atoms with Gasteiger partial charge in [0.15, 0.2) is 5.13 Å². The van der Waals surface area contributed by atoms with Crippen molar-refractivity contribution in [3.05, 3.63) is 50.8 Å². The number of carbonyl (C=O) groups is 1. The number of nitrogens with one attached hydrogen (secondary N) is 1. The molecule has 1 N–H and O–H groups in total. The molecule has 136 valence electrons. The van der Waals surface area contributed by atoms with Crippen LogP contribution in [-0.2, 0) is 6.54 Å².